The maximum absolute atomic E-state index is 13.3. The van der Waals surface area contributed by atoms with Crippen LogP contribution in [0.25, 0.3) is 0 Å². The molecular weight excluding hydrogens is 487 g/mol. The first-order chi connectivity index (χ1) is 17.6. The lowest BCUT2D eigenvalue weighted by molar-refractivity contribution is -0.131. The lowest BCUT2D eigenvalue weighted by Gasteiger charge is -2.42. The van der Waals surface area contributed by atoms with Crippen LogP contribution in [0.1, 0.15) is 57.9 Å². The van der Waals surface area contributed by atoms with Gasteiger partial charge in [-0.15, -0.1) is 0 Å². The van der Waals surface area contributed by atoms with E-state index in [1.165, 1.54) is 24.3 Å². The van der Waals surface area contributed by atoms with E-state index in [9.17, 15) is 28.4 Å². The number of hydrogen-bond acceptors (Lipinski definition) is 7. The van der Waals surface area contributed by atoms with Crippen LogP contribution in [-0.4, -0.2) is 64.3 Å². The number of carbonyl (C=O) groups is 5. The van der Waals surface area contributed by atoms with Crippen LogP contribution in [0.5, 0.6) is 0 Å². The number of primary amides is 1. The molecule has 12 nitrogen and oxygen atoms in total. The molecule has 0 aliphatic carbocycles. The van der Waals surface area contributed by atoms with Crippen molar-refractivity contribution in [1.82, 2.24) is 26.0 Å². The van der Waals surface area contributed by atoms with Crippen molar-refractivity contribution < 1.29 is 32.9 Å². The molecule has 1 aromatic heterocycles. The van der Waals surface area contributed by atoms with E-state index in [-0.39, 0.29) is 56.1 Å². The van der Waals surface area contributed by atoms with Gasteiger partial charge in [0.2, 0.25) is 17.7 Å². The summed E-state index contributed by atoms with van der Waals surface area (Å²) in [6, 6.07) is 3.94. The van der Waals surface area contributed by atoms with Gasteiger partial charge in [0.05, 0.1) is 24.2 Å². The molecule has 0 bridgehead atoms. The molecule has 0 saturated carbocycles. The Kier molecular flexibility index (Phi) is 7.23. The number of rotatable bonds is 2. The number of halogens is 1. The largest absolute Gasteiger partial charge is 0.368 e. The molecular formula is C24H27FN6O6. The molecule has 13 heteroatoms. The van der Waals surface area contributed by atoms with E-state index < -0.39 is 47.4 Å². The molecule has 1 saturated heterocycles. The molecule has 0 radical (unpaired) electrons. The normalized spacial score (nSPS) is 20.4. The number of aromatic nitrogens is 1. The number of likely N-dealkylation sites (tertiary alicyclic amines) is 1. The smallest absolute Gasteiger partial charge is 0.257 e. The zero-order valence-corrected chi connectivity index (χ0v) is 20.1. The Bertz CT molecular complexity index is 1230. The van der Waals surface area contributed by atoms with Gasteiger partial charge in [0, 0.05) is 25.1 Å². The fourth-order valence-corrected chi connectivity index (χ4v) is 4.60. The predicted molar refractivity (Wildman–Crippen MR) is 125 cm³/mol. The molecule has 4 rings (SSSR count). The van der Waals surface area contributed by atoms with Gasteiger partial charge in [-0.1, -0.05) is 5.16 Å². The van der Waals surface area contributed by atoms with Gasteiger partial charge >= 0.3 is 0 Å². The molecule has 1 atom stereocenters. The van der Waals surface area contributed by atoms with Crippen LogP contribution < -0.4 is 21.7 Å². The molecule has 2 aliphatic heterocycles. The molecule has 2 aliphatic rings. The van der Waals surface area contributed by atoms with Crippen LogP contribution in [0.2, 0.25) is 0 Å². The van der Waals surface area contributed by atoms with E-state index in [0.717, 1.165) is 0 Å². The second kappa shape index (κ2) is 10.4. The molecule has 0 unspecified atom stereocenters. The zero-order chi connectivity index (χ0) is 26.7. The van der Waals surface area contributed by atoms with Crippen LogP contribution >= 0.6 is 0 Å². The Hall–Kier alpha value is -4.29. The summed E-state index contributed by atoms with van der Waals surface area (Å²) in [7, 11) is 0. The first-order valence-corrected chi connectivity index (χ1v) is 11.7. The summed E-state index contributed by atoms with van der Waals surface area (Å²) in [6.45, 7) is 1.83. The SMILES string of the molecule is Cc1noc2c1C(=O)NC1(CCN(C(=O)c3ccc(F)cc3)CC1)CC(=O)N[C@H](C(N)=O)CC(=O)NC2. The van der Waals surface area contributed by atoms with E-state index >= 15 is 0 Å². The monoisotopic (exact) mass is 514 g/mol. The minimum Gasteiger partial charge on any atom is -0.368 e. The number of nitrogens with one attached hydrogen (secondary N) is 3. The molecule has 1 aromatic carbocycles. The molecule has 3 heterocycles. The Labute approximate surface area is 211 Å². The topological polar surface area (TPSA) is 177 Å². The van der Waals surface area contributed by atoms with Crippen molar-refractivity contribution in [3.05, 3.63) is 52.7 Å². The van der Waals surface area contributed by atoms with E-state index in [1.807, 2.05) is 0 Å². The first-order valence-electron chi connectivity index (χ1n) is 11.7. The average Bonchev–Trinajstić information content (AvgIpc) is 3.22. The van der Waals surface area contributed by atoms with Gasteiger partial charge in [0.15, 0.2) is 5.76 Å². The van der Waals surface area contributed by atoms with Gasteiger partial charge in [-0.3, -0.25) is 24.0 Å². The Morgan fingerprint density at radius 3 is 2.46 bits per heavy atom. The summed E-state index contributed by atoms with van der Waals surface area (Å²) < 4.78 is 18.5. The van der Waals surface area contributed by atoms with Gasteiger partial charge in [0.1, 0.15) is 17.4 Å². The van der Waals surface area contributed by atoms with Crippen LogP contribution in [0.4, 0.5) is 4.39 Å². The Morgan fingerprint density at radius 1 is 1.14 bits per heavy atom. The second-order valence-corrected chi connectivity index (χ2v) is 9.28. The van der Waals surface area contributed by atoms with E-state index in [4.69, 9.17) is 10.3 Å². The maximum atomic E-state index is 13.3. The van der Waals surface area contributed by atoms with Crippen LogP contribution in [0.3, 0.4) is 0 Å². The number of fused-ring (bicyclic) bond motifs is 1. The number of amides is 5. The number of nitrogens with zero attached hydrogens (tertiary/aromatic N) is 2. The van der Waals surface area contributed by atoms with Crippen molar-refractivity contribution in [2.45, 2.75) is 50.7 Å². The van der Waals surface area contributed by atoms with Crippen LogP contribution in [-0.2, 0) is 20.9 Å². The Balaban J connectivity index is 1.60. The maximum Gasteiger partial charge on any atom is 0.257 e. The standard InChI is InChI=1S/C24H27FN6O6/c1-13-20-17(37-30-13)12-27-18(32)10-16(21(26)34)28-19(33)11-24(29-22(20)35)6-8-31(9-7-24)23(36)14-2-4-15(25)5-3-14/h2-5,16H,6-12H2,1H3,(H2,26,34)(H,27,32)(H,28,33)(H,29,35)/t16-/m0/s1. The van der Waals surface area contributed by atoms with Gasteiger partial charge in [-0.25, -0.2) is 4.39 Å². The molecule has 5 N–H and O–H groups in total. The molecule has 196 valence electrons. The van der Waals surface area contributed by atoms with Crippen molar-refractivity contribution in [3.63, 3.8) is 0 Å². The highest BCUT2D eigenvalue weighted by Crippen LogP contribution is 2.29. The van der Waals surface area contributed by atoms with E-state index in [1.54, 1.807) is 11.8 Å². The highest BCUT2D eigenvalue weighted by atomic mass is 19.1. The average molecular weight is 515 g/mol. The molecule has 1 spiro atoms. The summed E-state index contributed by atoms with van der Waals surface area (Å²) >= 11 is 0. The summed E-state index contributed by atoms with van der Waals surface area (Å²) in [5.41, 5.74) is 5.07. The van der Waals surface area contributed by atoms with Gasteiger partial charge < -0.3 is 31.1 Å². The van der Waals surface area contributed by atoms with Gasteiger partial charge in [0.25, 0.3) is 11.8 Å². The number of nitrogens with two attached hydrogens (primary N) is 1. The van der Waals surface area contributed by atoms with Gasteiger partial charge in [-0.2, -0.15) is 0 Å². The minimum absolute atomic E-state index is 0.122. The molecule has 37 heavy (non-hydrogen) atoms. The summed E-state index contributed by atoms with van der Waals surface area (Å²) in [5.74, 6) is -3.22. The number of hydrogen-bond donors (Lipinski definition) is 4. The summed E-state index contributed by atoms with van der Waals surface area (Å²) in [4.78, 5) is 65.0. The van der Waals surface area contributed by atoms with Crippen molar-refractivity contribution in [1.29, 1.82) is 0 Å². The molecule has 5 amide bonds. The number of benzene rings is 1. The quantitative estimate of drug-likeness (QED) is 0.433. The molecule has 1 fully saturated rings. The van der Waals surface area contributed by atoms with E-state index in [0.29, 0.717) is 11.3 Å². The number of piperidine rings is 1. The van der Waals surface area contributed by atoms with Crippen LogP contribution in [0.15, 0.2) is 28.8 Å². The van der Waals surface area contributed by atoms with Crippen molar-refractivity contribution in [3.8, 4) is 0 Å². The minimum atomic E-state index is -1.25. The zero-order valence-electron chi connectivity index (χ0n) is 20.1. The summed E-state index contributed by atoms with van der Waals surface area (Å²) in [5, 5.41) is 11.8. The predicted octanol–water partition coefficient (Wildman–Crippen LogP) is -0.0930. The highest BCUT2D eigenvalue weighted by molar-refractivity contribution is 5.98. The van der Waals surface area contributed by atoms with Crippen molar-refractivity contribution in [2.24, 2.45) is 5.73 Å². The Morgan fingerprint density at radius 2 is 1.81 bits per heavy atom. The first kappa shape index (κ1) is 25.8. The third kappa shape index (κ3) is 5.76. The third-order valence-electron chi connectivity index (χ3n) is 6.65. The lowest BCUT2D eigenvalue weighted by Crippen LogP contribution is -2.59. The summed E-state index contributed by atoms with van der Waals surface area (Å²) in [6.07, 6.45) is -0.172. The van der Waals surface area contributed by atoms with Crippen molar-refractivity contribution >= 4 is 29.5 Å². The van der Waals surface area contributed by atoms with Crippen LogP contribution in [0, 0.1) is 12.7 Å². The van der Waals surface area contributed by atoms with Crippen molar-refractivity contribution in [2.75, 3.05) is 13.1 Å². The fraction of sp³-hybridized carbons (Fsp3) is 0.417. The highest BCUT2D eigenvalue weighted by Gasteiger charge is 2.41. The fourth-order valence-electron chi connectivity index (χ4n) is 4.60. The lowest BCUT2D eigenvalue weighted by atomic mass is 9.83. The second-order valence-electron chi connectivity index (χ2n) is 9.28. The van der Waals surface area contributed by atoms with E-state index in [2.05, 4.69) is 21.1 Å². The molecule has 2 aromatic rings. The third-order valence-corrected chi connectivity index (χ3v) is 6.65. The number of aryl methyl sites for hydroxylation is 1. The number of carbonyl (C=O) groups excluding carboxylic acids is 5. The van der Waals surface area contributed by atoms with Gasteiger partial charge in [-0.05, 0) is 44.0 Å².